The van der Waals surface area contributed by atoms with Gasteiger partial charge in [0.05, 0.1) is 18.2 Å². The number of rotatable bonds is 7. The molecule has 0 saturated heterocycles. The Bertz CT molecular complexity index is 1450. The van der Waals surface area contributed by atoms with Crippen molar-refractivity contribution in [2.45, 2.75) is 39.2 Å². The van der Waals surface area contributed by atoms with Crippen molar-refractivity contribution in [3.8, 4) is 16.8 Å². The molecule has 0 saturated carbocycles. The number of aromatic nitrogens is 1. The van der Waals surface area contributed by atoms with E-state index in [-0.39, 0.29) is 24.8 Å². The highest BCUT2D eigenvalue weighted by atomic mass is 16.4. The van der Waals surface area contributed by atoms with E-state index < -0.39 is 5.97 Å². The van der Waals surface area contributed by atoms with Gasteiger partial charge < -0.3 is 9.67 Å². The number of carbonyl (C=O) groups is 2. The maximum atomic E-state index is 13.3. The second kappa shape index (κ2) is 10.3. The molecule has 0 radical (unpaired) electrons. The van der Waals surface area contributed by atoms with Gasteiger partial charge in [-0.25, -0.2) is 5.01 Å². The van der Waals surface area contributed by atoms with E-state index in [9.17, 15) is 14.7 Å². The SMILES string of the molecule is Cc1ccc(C2=NN(C(=O)CCC(=O)O)C(c3cn(-c4ccccc4)cc3-c3ccc(C)cc3)C2)cc1. The number of hydrogen-bond acceptors (Lipinski definition) is 3. The first kappa shape index (κ1) is 24.3. The summed E-state index contributed by atoms with van der Waals surface area (Å²) in [5, 5.41) is 15.4. The first-order valence-electron chi connectivity index (χ1n) is 12.4. The Kier molecular flexibility index (Phi) is 6.73. The third kappa shape index (κ3) is 5.23. The van der Waals surface area contributed by atoms with E-state index in [1.807, 2.05) is 61.5 Å². The van der Waals surface area contributed by atoms with Crippen LogP contribution in [0.3, 0.4) is 0 Å². The van der Waals surface area contributed by atoms with E-state index in [0.29, 0.717) is 6.42 Å². The Morgan fingerprint density at radius 3 is 2.08 bits per heavy atom. The van der Waals surface area contributed by atoms with Crippen LogP contribution in [0.15, 0.2) is 96.4 Å². The number of nitrogens with zero attached hydrogens (tertiary/aromatic N) is 3. The second-order valence-corrected chi connectivity index (χ2v) is 9.50. The molecule has 4 aromatic rings. The number of amides is 1. The molecule has 1 aliphatic rings. The number of carbonyl (C=O) groups excluding carboxylic acids is 1. The van der Waals surface area contributed by atoms with Crippen molar-refractivity contribution >= 4 is 17.6 Å². The van der Waals surface area contributed by atoms with Crippen LogP contribution in [0.4, 0.5) is 0 Å². The molecule has 0 fully saturated rings. The third-order valence-corrected chi connectivity index (χ3v) is 6.74. The van der Waals surface area contributed by atoms with Gasteiger partial charge in [-0.2, -0.15) is 5.10 Å². The number of carboxylic acids is 1. The van der Waals surface area contributed by atoms with E-state index in [2.05, 4.69) is 48.1 Å². The molecule has 6 heteroatoms. The molecule has 1 N–H and O–H groups in total. The molecule has 3 aromatic carbocycles. The topological polar surface area (TPSA) is 74.9 Å². The van der Waals surface area contributed by atoms with Crippen LogP contribution in [0, 0.1) is 13.8 Å². The summed E-state index contributed by atoms with van der Waals surface area (Å²) in [5.74, 6) is -1.29. The average Bonchev–Trinajstić information content (AvgIpc) is 3.54. The maximum absolute atomic E-state index is 13.3. The van der Waals surface area contributed by atoms with E-state index in [0.717, 1.165) is 39.2 Å². The Morgan fingerprint density at radius 1 is 0.838 bits per heavy atom. The summed E-state index contributed by atoms with van der Waals surface area (Å²) < 4.78 is 2.08. The summed E-state index contributed by atoms with van der Waals surface area (Å²) in [6.45, 7) is 4.09. The summed E-state index contributed by atoms with van der Waals surface area (Å²) in [7, 11) is 0. The predicted molar refractivity (Wildman–Crippen MR) is 145 cm³/mol. The number of hydrogen-bond donors (Lipinski definition) is 1. The number of carboxylic acid groups (broad SMARTS) is 1. The van der Waals surface area contributed by atoms with Crippen LogP contribution in [-0.2, 0) is 9.59 Å². The molecule has 1 unspecified atom stereocenters. The minimum absolute atomic E-state index is 0.101. The van der Waals surface area contributed by atoms with Crippen molar-refractivity contribution < 1.29 is 14.7 Å². The highest BCUT2D eigenvalue weighted by Gasteiger charge is 2.35. The van der Waals surface area contributed by atoms with Crippen LogP contribution < -0.4 is 0 Å². The van der Waals surface area contributed by atoms with Crippen LogP contribution in [0.25, 0.3) is 16.8 Å². The molecule has 1 aliphatic heterocycles. The lowest BCUT2D eigenvalue weighted by atomic mass is 9.94. The molecule has 0 spiro atoms. The predicted octanol–water partition coefficient (Wildman–Crippen LogP) is 6.30. The summed E-state index contributed by atoms with van der Waals surface area (Å²) in [5.41, 5.74) is 8.16. The maximum Gasteiger partial charge on any atom is 0.303 e. The fraction of sp³-hybridized carbons (Fsp3) is 0.194. The van der Waals surface area contributed by atoms with Crippen LogP contribution in [0.5, 0.6) is 0 Å². The molecule has 37 heavy (non-hydrogen) atoms. The van der Waals surface area contributed by atoms with Gasteiger partial charge in [0.15, 0.2) is 0 Å². The minimum atomic E-state index is -0.998. The van der Waals surface area contributed by atoms with Gasteiger partial charge in [-0.15, -0.1) is 0 Å². The fourth-order valence-electron chi connectivity index (χ4n) is 4.69. The molecular weight excluding hydrogens is 462 g/mol. The zero-order valence-electron chi connectivity index (χ0n) is 21.0. The van der Waals surface area contributed by atoms with E-state index in [4.69, 9.17) is 5.10 Å². The monoisotopic (exact) mass is 491 g/mol. The van der Waals surface area contributed by atoms with Crippen LogP contribution in [0.1, 0.15) is 47.6 Å². The molecule has 186 valence electrons. The number of para-hydroxylation sites is 1. The smallest absolute Gasteiger partial charge is 0.303 e. The highest BCUT2D eigenvalue weighted by molar-refractivity contribution is 6.03. The van der Waals surface area contributed by atoms with Gasteiger partial charge >= 0.3 is 5.97 Å². The fourth-order valence-corrected chi connectivity index (χ4v) is 4.69. The molecule has 6 nitrogen and oxygen atoms in total. The molecular formula is C31H29N3O3. The van der Waals surface area contributed by atoms with Crippen molar-refractivity contribution in [1.82, 2.24) is 9.58 Å². The average molecular weight is 492 g/mol. The van der Waals surface area contributed by atoms with Gasteiger partial charge in [-0.1, -0.05) is 77.9 Å². The first-order valence-corrected chi connectivity index (χ1v) is 12.4. The van der Waals surface area contributed by atoms with Crippen molar-refractivity contribution in [3.63, 3.8) is 0 Å². The normalized spacial score (nSPS) is 15.0. The van der Waals surface area contributed by atoms with Crippen molar-refractivity contribution in [2.24, 2.45) is 5.10 Å². The molecule has 0 bridgehead atoms. The van der Waals surface area contributed by atoms with Crippen LogP contribution in [0.2, 0.25) is 0 Å². The van der Waals surface area contributed by atoms with Gasteiger partial charge in [0, 0.05) is 42.0 Å². The van der Waals surface area contributed by atoms with Crippen molar-refractivity contribution in [2.75, 3.05) is 0 Å². The van der Waals surface area contributed by atoms with Crippen LogP contribution in [-0.4, -0.2) is 32.3 Å². The Labute approximate surface area is 216 Å². The lowest BCUT2D eigenvalue weighted by Gasteiger charge is -2.22. The van der Waals surface area contributed by atoms with Gasteiger partial charge in [0.1, 0.15) is 0 Å². The molecule has 2 heterocycles. The number of aryl methyl sites for hydroxylation is 2. The first-order chi connectivity index (χ1) is 17.9. The van der Waals surface area contributed by atoms with E-state index in [1.165, 1.54) is 10.6 Å². The zero-order valence-corrected chi connectivity index (χ0v) is 21.0. The van der Waals surface area contributed by atoms with E-state index >= 15 is 0 Å². The van der Waals surface area contributed by atoms with Crippen molar-refractivity contribution in [1.29, 1.82) is 0 Å². The van der Waals surface area contributed by atoms with Gasteiger partial charge in [-0.05, 0) is 37.1 Å². The summed E-state index contributed by atoms with van der Waals surface area (Å²) in [6.07, 6.45) is 4.38. The summed E-state index contributed by atoms with van der Waals surface area (Å²) in [4.78, 5) is 24.5. The molecule has 0 aliphatic carbocycles. The molecule has 5 rings (SSSR count). The highest BCUT2D eigenvalue weighted by Crippen LogP contribution is 2.40. The molecule has 1 aromatic heterocycles. The number of aliphatic carboxylic acids is 1. The number of hydrazone groups is 1. The molecule has 1 atom stereocenters. The van der Waals surface area contributed by atoms with E-state index in [1.54, 1.807) is 0 Å². The third-order valence-electron chi connectivity index (χ3n) is 6.74. The summed E-state index contributed by atoms with van der Waals surface area (Å²) >= 11 is 0. The van der Waals surface area contributed by atoms with Gasteiger partial charge in [-0.3, -0.25) is 9.59 Å². The lowest BCUT2D eigenvalue weighted by Crippen LogP contribution is -2.27. The Hall–Kier alpha value is -4.45. The zero-order chi connectivity index (χ0) is 25.9. The molecule has 1 amide bonds. The standard InChI is InChI=1S/C31H29N3O3/c1-21-8-12-23(13-9-21)26-19-33(25-6-4-3-5-7-25)20-27(26)29-18-28(24-14-10-22(2)11-15-24)32-34(29)30(35)16-17-31(36)37/h3-15,19-20,29H,16-18H2,1-2H3,(H,36,37). The van der Waals surface area contributed by atoms with Gasteiger partial charge in [0.2, 0.25) is 5.91 Å². The Morgan fingerprint density at radius 2 is 1.46 bits per heavy atom. The van der Waals surface area contributed by atoms with Gasteiger partial charge in [0.25, 0.3) is 0 Å². The summed E-state index contributed by atoms with van der Waals surface area (Å²) in [6, 6.07) is 26.2. The number of benzene rings is 3. The Balaban J connectivity index is 1.60. The minimum Gasteiger partial charge on any atom is -0.481 e. The lowest BCUT2D eigenvalue weighted by molar-refractivity contribution is -0.141. The largest absolute Gasteiger partial charge is 0.481 e. The quantitative estimate of drug-likeness (QED) is 0.329. The van der Waals surface area contributed by atoms with Crippen LogP contribution >= 0.6 is 0 Å². The second-order valence-electron chi connectivity index (χ2n) is 9.50. The van der Waals surface area contributed by atoms with Crippen molar-refractivity contribution in [3.05, 3.63) is 114 Å².